The number of methoxy groups -OCH3 is 1. The number of allylic oxidation sites excluding steroid dienone is 4. The van der Waals surface area contributed by atoms with Crippen molar-refractivity contribution >= 4 is 23.0 Å². The molecule has 5 atom stereocenters. The van der Waals surface area contributed by atoms with E-state index in [-0.39, 0.29) is 24.2 Å². The van der Waals surface area contributed by atoms with Crippen molar-refractivity contribution in [3.05, 3.63) is 51.8 Å². The Morgan fingerprint density at radius 1 is 1.33 bits per heavy atom. The Hall–Kier alpha value is -2.58. The maximum Gasteiger partial charge on any atom is 0.318 e. The Balaban J connectivity index is 1.46. The number of halogens is 2. The molecular weight excluding hydrogens is 566 g/mol. The number of carbonyl (C=O) groups excluding carboxylic acids is 1. The normalized spacial score (nSPS) is 24.7. The van der Waals surface area contributed by atoms with Crippen LogP contribution in [-0.4, -0.2) is 74.5 Å². The van der Waals surface area contributed by atoms with Crippen molar-refractivity contribution < 1.29 is 27.6 Å². The number of nitrogens with zero attached hydrogens (tertiary/aromatic N) is 4. The second kappa shape index (κ2) is 11.8. The first kappa shape index (κ1) is 30.9. The average molecular weight is 607 g/mol. The van der Waals surface area contributed by atoms with E-state index in [1.807, 2.05) is 13.8 Å². The molecule has 3 aliphatic rings. The molecule has 2 fully saturated rings. The first-order valence-corrected chi connectivity index (χ1v) is 15.4. The third kappa shape index (κ3) is 6.65. The third-order valence-electron chi connectivity index (χ3n) is 8.18. The zero-order valence-corrected chi connectivity index (χ0v) is 25.8. The number of carbonyl (C=O) groups is 1. The van der Waals surface area contributed by atoms with E-state index in [2.05, 4.69) is 42.0 Å². The lowest BCUT2D eigenvalue weighted by atomic mass is 9.93. The highest BCUT2D eigenvalue weighted by Crippen LogP contribution is 2.42. The minimum absolute atomic E-state index is 0.00209. The predicted molar refractivity (Wildman–Crippen MR) is 155 cm³/mol. The van der Waals surface area contributed by atoms with E-state index in [4.69, 9.17) is 14.5 Å². The average Bonchev–Trinajstić information content (AvgIpc) is 3.47. The maximum atomic E-state index is 14.2. The molecule has 2 N–H and O–H groups in total. The smallest absolute Gasteiger partial charge is 0.318 e. The summed E-state index contributed by atoms with van der Waals surface area (Å²) in [5.41, 5.74) is 3.59. The molecule has 1 saturated carbocycles. The van der Waals surface area contributed by atoms with Gasteiger partial charge in [0.15, 0.2) is 10.6 Å². The van der Waals surface area contributed by atoms with Crippen molar-refractivity contribution in [1.82, 2.24) is 29.5 Å². The van der Waals surface area contributed by atoms with Gasteiger partial charge in [-0.3, -0.25) is 0 Å². The zero-order valence-electron chi connectivity index (χ0n) is 24.9. The Morgan fingerprint density at radius 2 is 2.07 bits per heavy atom. The highest BCUT2D eigenvalue weighted by molar-refractivity contribution is 7.93. The molecule has 2 aliphatic carbocycles. The van der Waals surface area contributed by atoms with E-state index in [0.717, 1.165) is 34.6 Å². The molecule has 2 amide bonds. The minimum atomic E-state index is -3.07. The molecule has 5 rings (SSSR count). The van der Waals surface area contributed by atoms with Crippen LogP contribution in [0.4, 0.5) is 13.6 Å². The van der Waals surface area contributed by atoms with Gasteiger partial charge in [0, 0.05) is 24.2 Å². The van der Waals surface area contributed by atoms with Gasteiger partial charge in [-0.05, 0) is 53.0 Å². The van der Waals surface area contributed by atoms with E-state index < -0.39 is 48.5 Å². The molecule has 42 heavy (non-hydrogen) atoms. The lowest BCUT2D eigenvalue weighted by Gasteiger charge is -2.38. The quantitative estimate of drug-likeness (QED) is 0.360. The molecule has 2 aromatic rings. The molecule has 10 nitrogen and oxygen atoms in total. The number of alkyl halides is 2. The monoisotopic (exact) mass is 606 g/mol. The maximum absolute atomic E-state index is 14.2. The van der Waals surface area contributed by atoms with Crippen molar-refractivity contribution in [1.29, 1.82) is 0 Å². The number of amides is 2. The van der Waals surface area contributed by atoms with Crippen LogP contribution >= 0.6 is 0 Å². The number of ether oxygens (including phenoxy) is 2. The fraction of sp³-hybridized carbons (Fsp3) is 0.621. The molecule has 0 radical (unpaired) electrons. The topological polar surface area (TPSA) is 116 Å². The summed E-state index contributed by atoms with van der Waals surface area (Å²) >= 11 is -1.49. The standard InChI is InChI=1S/C29H40F2N6O4S/c1-17-9-18(2)26(19(3)10-17)42(39)35-25(20(4)41-28(5)7-8-28)22-13-37-24(34-22)11-21(12-33-37)23(14-40-6)36-16-29(30,31)15-32-27(36)38/h9,11-13,19-20,23,25,35H,7-8,10,14-16H2,1-6H3,(H,32,38)/t19?,20?,23-,25+,42+/m1/s1. The molecule has 0 aromatic carbocycles. The number of aromatic nitrogens is 3. The molecule has 1 aliphatic heterocycles. The van der Waals surface area contributed by atoms with Crippen LogP contribution in [0.5, 0.6) is 0 Å². The second-order valence-electron chi connectivity index (χ2n) is 12.2. The van der Waals surface area contributed by atoms with E-state index in [1.54, 1.807) is 16.8 Å². The fourth-order valence-electron chi connectivity index (χ4n) is 5.88. The number of hydrogen-bond donors (Lipinski definition) is 2. The summed E-state index contributed by atoms with van der Waals surface area (Å²) in [7, 11) is 1.45. The minimum Gasteiger partial charge on any atom is -0.593 e. The van der Waals surface area contributed by atoms with Crippen LogP contribution < -0.4 is 10.0 Å². The van der Waals surface area contributed by atoms with Gasteiger partial charge in [-0.15, -0.1) is 4.72 Å². The van der Waals surface area contributed by atoms with Crippen LogP contribution in [0.1, 0.15) is 77.2 Å². The molecule has 0 spiro atoms. The molecule has 3 heterocycles. The number of fused-ring (bicyclic) bond motifs is 1. The largest absolute Gasteiger partial charge is 0.593 e. The summed E-state index contributed by atoms with van der Waals surface area (Å²) in [6, 6.07) is -0.193. The van der Waals surface area contributed by atoms with Crippen LogP contribution in [0.15, 0.2) is 40.6 Å². The van der Waals surface area contributed by atoms with Crippen molar-refractivity contribution in [3.8, 4) is 0 Å². The number of nitrogens with one attached hydrogen (secondary N) is 2. The van der Waals surface area contributed by atoms with Gasteiger partial charge in [0.25, 0.3) is 5.92 Å². The second-order valence-corrected chi connectivity index (χ2v) is 13.4. The molecule has 2 unspecified atom stereocenters. The van der Waals surface area contributed by atoms with Crippen molar-refractivity contribution in [2.75, 3.05) is 26.8 Å². The van der Waals surface area contributed by atoms with E-state index in [0.29, 0.717) is 16.9 Å². The number of urea groups is 1. The lowest BCUT2D eigenvalue weighted by molar-refractivity contribution is -0.0509. The van der Waals surface area contributed by atoms with Crippen LogP contribution in [0, 0.1) is 5.92 Å². The summed E-state index contributed by atoms with van der Waals surface area (Å²) in [6.07, 6.45) is 7.77. The van der Waals surface area contributed by atoms with Gasteiger partial charge in [-0.1, -0.05) is 18.6 Å². The van der Waals surface area contributed by atoms with E-state index >= 15 is 0 Å². The van der Waals surface area contributed by atoms with Crippen LogP contribution in [0.2, 0.25) is 0 Å². The van der Waals surface area contributed by atoms with Crippen LogP contribution in [0.3, 0.4) is 0 Å². The van der Waals surface area contributed by atoms with Gasteiger partial charge in [-0.25, -0.2) is 23.1 Å². The van der Waals surface area contributed by atoms with Crippen molar-refractivity contribution in [3.63, 3.8) is 0 Å². The first-order chi connectivity index (χ1) is 19.8. The Kier molecular flexibility index (Phi) is 8.70. The predicted octanol–water partition coefficient (Wildman–Crippen LogP) is 4.59. The third-order valence-corrected chi connectivity index (χ3v) is 9.77. The van der Waals surface area contributed by atoms with E-state index in [1.165, 1.54) is 18.9 Å². The summed E-state index contributed by atoms with van der Waals surface area (Å²) in [5, 5.41) is 6.74. The van der Waals surface area contributed by atoms with E-state index in [9.17, 15) is 18.1 Å². The molecular formula is C29H40F2N6O4S. The highest BCUT2D eigenvalue weighted by Gasteiger charge is 2.44. The zero-order chi connectivity index (χ0) is 30.4. The summed E-state index contributed by atoms with van der Waals surface area (Å²) in [4.78, 5) is 19.3. The van der Waals surface area contributed by atoms with Crippen molar-refractivity contribution in [2.45, 2.75) is 83.6 Å². The fourth-order valence-corrected chi connectivity index (χ4v) is 7.35. The summed E-state index contributed by atoms with van der Waals surface area (Å²) in [5.74, 6) is -2.94. The Morgan fingerprint density at radius 3 is 2.74 bits per heavy atom. The van der Waals surface area contributed by atoms with Gasteiger partial charge >= 0.3 is 6.03 Å². The van der Waals surface area contributed by atoms with Gasteiger partial charge < -0.3 is 24.2 Å². The lowest BCUT2D eigenvalue weighted by Crippen LogP contribution is -2.58. The van der Waals surface area contributed by atoms with Gasteiger partial charge in [0.1, 0.15) is 6.04 Å². The molecule has 13 heteroatoms. The Labute approximate surface area is 248 Å². The van der Waals surface area contributed by atoms with Crippen molar-refractivity contribution in [2.24, 2.45) is 5.92 Å². The molecule has 1 saturated heterocycles. The number of imidazole rings is 1. The molecule has 230 valence electrons. The van der Waals surface area contributed by atoms with Crippen LogP contribution in [0.25, 0.3) is 5.65 Å². The van der Waals surface area contributed by atoms with Gasteiger partial charge in [0.05, 0.1) is 66.9 Å². The molecule has 0 bridgehead atoms. The molecule has 2 aromatic heterocycles. The van der Waals surface area contributed by atoms with Crippen LogP contribution in [-0.2, 0) is 20.8 Å². The SMILES string of the molecule is COC[C@H](c1cnn2cc([C@@H](N[S@@+]([O-])C3=C(C)C=C(C)CC3C)C(C)OC3(C)CC3)nc2c1)N1CC(F)(F)CNC1=O. The Bertz CT molecular complexity index is 1390. The number of hydrogen-bond acceptors (Lipinski definition) is 7. The van der Waals surface area contributed by atoms with Gasteiger partial charge in [0.2, 0.25) is 0 Å². The first-order valence-electron chi connectivity index (χ1n) is 14.3. The summed E-state index contributed by atoms with van der Waals surface area (Å²) < 4.78 is 58.8. The highest BCUT2D eigenvalue weighted by atomic mass is 32.2. The van der Waals surface area contributed by atoms with Gasteiger partial charge in [-0.2, -0.15) is 5.10 Å². The summed E-state index contributed by atoms with van der Waals surface area (Å²) in [6.45, 7) is 8.73. The number of rotatable bonds is 11.